The van der Waals surface area contributed by atoms with Crippen molar-refractivity contribution >= 4 is 40.2 Å². The van der Waals surface area contributed by atoms with Gasteiger partial charge in [0.05, 0.1) is 17.1 Å². The first-order chi connectivity index (χ1) is 15.8. The average molecular weight is 452 g/mol. The molecule has 4 rings (SSSR count). The summed E-state index contributed by atoms with van der Waals surface area (Å²) in [5, 5.41) is 18.5. The number of rotatable bonds is 8. The van der Waals surface area contributed by atoms with Crippen LogP contribution in [0.1, 0.15) is 36.5 Å². The zero-order valence-corrected chi connectivity index (χ0v) is 18.0. The Balaban J connectivity index is 1.66. The normalized spacial score (nSPS) is 15.3. The van der Waals surface area contributed by atoms with E-state index in [1.54, 1.807) is 19.2 Å². The number of benzene rings is 1. The predicted molar refractivity (Wildman–Crippen MR) is 123 cm³/mol. The monoisotopic (exact) mass is 452 g/mol. The van der Waals surface area contributed by atoms with Crippen LogP contribution in [0.5, 0.6) is 0 Å². The first-order valence-corrected chi connectivity index (χ1v) is 10.7. The molecule has 0 unspecified atom stereocenters. The number of hydrogen-bond donors (Lipinski definition) is 5. The Hall–Kier alpha value is -3.95. The molecule has 2 atom stereocenters. The second kappa shape index (κ2) is 9.27. The van der Waals surface area contributed by atoms with E-state index in [0.29, 0.717) is 5.69 Å². The number of primary amides is 1. The number of halogens is 1. The maximum absolute atomic E-state index is 14.9. The number of amides is 2. The summed E-state index contributed by atoms with van der Waals surface area (Å²) in [6.07, 6.45) is 3.38. The highest BCUT2D eigenvalue weighted by atomic mass is 19.1. The molecular formula is C23H25FN6O3. The molecule has 172 valence electrons. The molecule has 2 amide bonds. The van der Waals surface area contributed by atoms with Gasteiger partial charge < -0.3 is 26.8 Å². The molecule has 0 saturated heterocycles. The van der Waals surface area contributed by atoms with Gasteiger partial charge in [0.1, 0.15) is 5.82 Å². The minimum Gasteiger partial charge on any atom is -0.465 e. The fraction of sp³-hybridized carbons (Fsp3) is 0.304. The van der Waals surface area contributed by atoms with Gasteiger partial charge in [-0.1, -0.05) is 12.5 Å². The van der Waals surface area contributed by atoms with E-state index >= 15 is 0 Å². The molecule has 2 aromatic heterocycles. The van der Waals surface area contributed by atoms with Crippen molar-refractivity contribution in [3.8, 4) is 0 Å². The maximum Gasteiger partial charge on any atom is 0.404 e. The fourth-order valence-corrected chi connectivity index (χ4v) is 4.06. The lowest BCUT2D eigenvalue weighted by Crippen LogP contribution is -2.50. The van der Waals surface area contributed by atoms with Crippen LogP contribution >= 0.6 is 0 Å². The zero-order valence-electron chi connectivity index (χ0n) is 18.0. The second-order valence-corrected chi connectivity index (χ2v) is 8.21. The Labute approximate surface area is 189 Å². The van der Waals surface area contributed by atoms with Gasteiger partial charge in [0.15, 0.2) is 11.6 Å². The molecule has 1 saturated carbocycles. The Morgan fingerprint density at radius 1 is 1.21 bits per heavy atom. The minimum atomic E-state index is -1.15. The van der Waals surface area contributed by atoms with E-state index in [9.17, 15) is 14.0 Å². The minimum absolute atomic E-state index is 0.0825. The first kappa shape index (κ1) is 22.3. The number of aromatic nitrogens is 2. The number of anilines is 3. The summed E-state index contributed by atoms with van der Waals surface area (Å²) in [4.78, 5) is 31.7. The molecule has 1 aliphatic carbocycles. The van der Waals surface area contributed by atoms with Crippen molar-refractivity contribution in [1.82, 2.24) is 15.3 Å². The van der Waals surface area contributed by atoms with E-state index in [1.165, 1.54) is 0 Å². The third-order valence-electron chi connectivity index (χ3n) is 5.96. The lowest BCUT2D eigenvalue weighted by molar-refractivity contribution is 0.1000. The van der Waals surface area contributed by atoms with Crippen LogP contribution in [-0.2, 0) is 0 Å². The van der Waals surface area contributed by atoms with E-state index in [4.69, 9.17) is 10.8 Å². The Kier molecular flexibility index (Phi) is 6.25. The van der Waals surface area contributed by atoms with Crippen molar-refractivity contribution < 1.29 is 19.1 Å². The van der Waals surface area contributed by atoms with Gasteiger partial charge in [0, 0.05) is 23.3 Å². The van der Waals surface area contributed by atoms with Crippen molar-refractivity contribution in [2.75, 3.05) is 10.6 Å². The van der Waals surface area contributed by atoms with E-state index in [0.717, 1.165) is 36.2 Å². The highest BCUT2D eigenvalue weighted by Gasteiger charge is 2.33. The third kappa shape index (κ3) is 4.94. The number of carbonyl (C=O) groups excluding carboxylic acids is 1. The molecular weight excluding hydrogens is 427 g/mol. The molecule has 2 heterocycles. The highest BCUT2D eigenvalue weighted by molar-refractivity contribution is 5.99. The van der Waals surface area contributed by atoms with Crippen molar-refractivity contribution in [2.45, 2.75) is 38.3 Å². The number of nitrogens with one attached hydrogen (secondary N) is 3. The summed E-state index contributed by atoms with van der Waals surface area (Å²) in [6, 6.07) is 9.33. The van der Waals surface area contributed by atoms with Gasteiger partial charge >= 0.3 is 6.09 Å². The van der Waals surface area contributed by atoms with Crippen molar-refractivity contribution in [2.24, 2.45) is 11.7 Å². The van der Waals surface area contributed by atoms with Gasteiger partial charge in [-0.05, 0) is 56.0 Å². The highest BCUT2D eigenvalue weighted by Crippen LogP contribution is 2.34. The topological polar surface area (TPSA) is 142 Å². The number of carboxylic acid groups (broad SMARTS) is 1. The average Bonchev–Trinajstić information content (AvgIpc) is 2.73. The standard InChI is InChI=1S/C23H25FN6O3/c1-12(27-23(32)33)19(13-4-2-5-13)29-22-17(24)11-16(20(25)31)21(30-22)28-15-7-8-18-14(10-15)6-3-9-26-18/h3,6-13,19,27H,2,4-5H2,1H3,(H2,25,31)(H,32,33)(H2,28,29,30)/t12-,19-/m0/s1. The lowest BCUT2D eigenvalue weighted by atomic mass is 9.77. The van der Waals surface area contributed by atoms with Crippen LogP contribution in [0.15, 0.2) is 42.6 Å². The van der Waals surface area contributed by atoms with Crippen LogP contribution in [0.25, 0.3) is 10.9 Å². The fourth-order valence-electron chi connectivity index (χ4n) is 4.06. The molecule has 10 heteroatoms. The Morgan fingerprint density at radius 2 is 2.00 bits per heavy atom. The number of nitrogens with zero attached hydrogens (tertiary/aromatic N) is 2. The first-order valence-electron chi connectivity index (χ1n) is 10.7. The number of nitrogens with two attached hydrogens (primary N) is 1. The quantitative estimate of drug-likeness (QED) is 0.349. The molecule has 0 bridgehead atoms. The zero-order chi connectivity index (χ0) is 23.5. The molecule has 3 aromatic rings. The number of pyridine rings is 2. The summed E-state index contributed by atoms with van der Waals surface area (Å²) < 4.78 is 14.9. The van der Waals surface area contributed by atoms with E-state index in [2.05, 4.69) is 25.9 Å². The summed E-state index contributed by atoms with van der Waals surface area (Å²) in [7, 11) is 0. The third-order valence-corrected chi connectivity index (χ3v) is 5.96. The van der Waals surface area contributed by atoms with E-state index in [-0.39, 0.29) is 29.2 Å². The molecule has 6 N–H and O–H groups in total. The molecule has 9 nitrogen and oxygen atoms in total. The summed E-state index contributed by atoms with van der Waals surface area (Å²) in [5.41, 5.74) is 6.80. The van der Waals surface area contributed by atoms with Gasteiger partial charge in [-0.3, -0.25) is 9.78 Å². The van der Waals surface area contributed by atoms with E-state index < -0.39 is 23.9 Å². The van der Waals surface area contributed by atoms with Crippen molar-refractivity contribution in [1.29, 1.82) is 0 Å². The predicted octanol–water partition coefficient (Wildman–Crippen LogP) is 3.85. The SMILES string of the molecule is C[C@H](NC(=O)O)[C@H](Nc1nc(Nc2ccc3ncccc3c2)c(C(N)=O)cc1F)C1CCC1. The molecule has 1 fully saturated rings. The van der Waals surface area contributed by atoms with Crippen LogP contribution in [-0.4, -0.2) is 39.2 Å². The van der Waals surface area contributed by atoms with Gasteiger partial charge in [0.2, 0.25) is 0 Å². The van der Waals surface area contributed by atoms with Crippen molar-refractivity contribution in [3.63, 3.8) is 0 Å². The van der Waals surface area contributed by atoms with E-state index in [1.807, 2.05) is 24.3 Å². The summed E-state index contributed by atoms with van der Waals surface area (Å²) >= 11 is 0. The van der Waals surface area contributed by atoms with Crippen LogP contribution < -0.4 is 21.7 Å². The van der Waals surface area contributed by atoms with Crippen LogP contribution in [0.3, 0.4) is 0 Å². The maximum atomic E-state index is 14.9. The number of carbonyl (C=O) groups is 2. The van der Waals surface area contributed by atoms with Crippen LogP contribution in [0.2, 0.25) is 0 Å². The van der Waals surface area contributed by atoms with Crippen LogP contribution in [0, 0.1) is 11.7 Å². The van der Waals surface area contributed by atoms with Gasteiger partial charge in [-0.15, -0.1) is 0 Å². The van der Waals surface area contributed by atoms with Crippen molar-refractivity contribution in [3.05, 3.63) is 54.0 Å². The molecule has 1 aromatic carbocycles. The smallest absolute Gasteiger partial charge is 0.404 e. The van der Waals surface area contributed by atoms with Crippen LogP contribution in [0.4, 0.5) is 26.5 Å². The van der Waals surface area contributed by atoms with Gasteiger partial charge in [-0.25, -0.2) is 14.2 Å². The molecule has 0 radical (unpaired) electrons. The molecule has 0 spiro atoms. The number of fused-ring (bicyclic) bond motifs is 1. The molecule has 1 aliphatic rings. The Morgan fingerprint density at radius 3 is 2.67 bits per heavy atom. The largest absolute Gasteiger partial charge is 0.465 e. The Bertz CT molecular complexity index is 1200. The summed E-state index contributed by atoms with van der Waals surface area (Å²) in [6.45, 7) is 1.72. The lowest BCUT2D eigenvalue weighted by Gasteiger charge is -2.38. The van der Waals surface area contributed by atoms with Gasteiger partial charge in [-0.2, -0.15) is 0 Å². The van der Waals surface area contributed by atoms with Gasteiger partial charge in [0.25, 0.3) is 5.91 Å². The summed E-state index contributed by atoms with van der Waals surface area (Å²) in [5.74, 6) is -1.38. The second-order valence-electron chi connectivity index (χ2n) is 8.21. The molecule has 33 heavy (non-hydrogen) atoms. The number of hydrogen-bond acceptors (Lipinski definition) is 6. The molecule has 0 aliphatic heterocycles.